The lowest BCUT2D eigenvalue weighted by Gasteiger charge is -2.08. The van der Waals surface area contributed by atoms with Crippen LogP contribution >= 0.6 is 0 Å². The molecular formula is C16H15N3O5. The third-order valence-electron chi connectivity index (χ3n) is 3.22. The third-order valence-corrected chi connectivity index (χ3v) is 3.22. The zero-order valence-corrected chi connectivity index (χ0v) is 13.0. The predicted octanol–water partition coefficient (Wildman–Crippen LogP) is 1.69. The van der Waals surface area contributed by atoms with Gasteiger partial charge in [0.15, 0.2) is 11.5 Å². The van der Waals surface area contributed by atoms with E-state index in [2.05, 4.69) is 10.4 Å². The van der Waals surface area contributed by atoms with Crippen LogP contribution in [0.3, 0.4) is 0 Å². The number of aryl methyl sites for hydroxylation is 2. The molecule has 2 aromatic rings. The molecule has 0 atom stereocenters. The van der Waals surface area contributed by atoms with E-state index in [-0.39, 0.29) is 16.8 Å². The Balaban J connectivity index is 2.17. The lowest BCUT2D eigenvalue weighted by Crippen LogP contribution is -2.16. The Kier molecular flexibility index (Phi) is 4.78. The zero-order chi connectivity index (χ0) is 17.9. The van der Waals surface area contributed by atoms with Crippen LogP contribution in [0, 0.1) is 6.92 Å². The van der Waals surface area contributed by atoms with Gasteiger partial charge in [-0.1, -0.05) is 6.07 Å². The van der Waals surface area contributed by atoms with E-state index in [1.165, 1.54) is 35.3 Å². The fourth-order valence-electron chi connectivity index (χ4n) is 1.90. The number of benzene rings is 1. The number of ketones is 1. The number of carboxylic acids is 1. The normalized spacial score (nSPS) is 11.2. The van der Waals surface area contributed by atoms with Gasteiger partial charge in [-0.25, -0.2) is 4.79 Å². The first kappa shape index (κ1) is 16.9. The molecule has 1 heterocycles. The Morgan fingerprint density at radius 3 is 2.50 bits per heavy atom. The molecular weight excluding hydrogens is 314 g/mol. The molecule has 0 saturated carbocycles. The molecule has 8 heteroatoms. The van der Waals surface area contributed by atoms with Crippen molar-refractivity contribution in [2.24, 2.45) is 7.05 Å². The molecule has 124 valence electrons. The van der Waals surface area contributed by atoms with Crippen LogP contribution in [0.4, 0.5) is 5.69 Å². The lowest BCUT2D eigenvalue weighted by atomic mass is 10.1. The summed E-state index contributed by atoms with van der Waals surface area (Å²) < 4.78 is 1.42. The van der Waals surface area contributed by atoms with Crippen LogP contribution in [0.2, 0.25) is 0 Å². The van der Waals surface area contributed by atoms with Gasteiger partial charge in [-0.05, 0) is 24.6 Å². The van der Waals surface area contributed by atoms with Gasteiger partial charge in [-0.3, -0.25) is 14.3 Å². The summed E-state index contributed by atoms with van der Waals surface area (Å²) in [4.78, 5) is 34.8. The molecule has 1 aromatic carbocycles. The summed E-state index contributed by atoms with van der Waals surface area (Å²) in [6, 6.07) is 4.20. The highest BCUT2D eigenvalue weighted by atomic mass is 16.4. The van der Waals surface area contributed by atoms with Crippen molar-refractivity contribution in [3.63, 3.8) is 0 Å². The Morgan fingerprint density at radius 2 is 1.92 bits per heavy atom. The molecule has 0 spiro atoms. The summed E-state index contributed by atoms with van der Waals surface area (Å²) in [5.74, 6) is -3.43. The summed E-state index contributed by atoms with van der Waals surface area (Å²) in [7, 11) is 1.63. The molecule has 2 rings (SSSR count). The van der Waals surface area contributed by atoms with E-state index in [1.807, 2.05) is 0 Å². The Bertz CT molecular complexity index is 851. The van der Waals surface area contributed by atoms with E-state index in [1.54, 1.807) is 14.0 Å². The Labute approximate surface area is 137 Å². The first-order valence-corrected chi connectivity index (χ1v) is 6.87. The summed E-state index contributed by atoms with van der Waals surface area (Å²) >= 11 is 0. The van der Waals surface area contributed by atoms with E-state index in [4.69, 9.17) is 5.11 Å². The second-order valence-corrected chi connectivity index (χ2v) is 5.09. The van der Waals surface area contributed by atoms with Crippen LogP contribution < -0.4 is 5.32 Å². The number of carboxylic acid groups (broad SMARTS) is 1. The van der Waals surface area contributed by atoms with Gasteiger partial charge in [0.25, 0.3) is 5.91 Å². The number of nitrogens with one attached hydrogen (secondary N) is 1. The molecule has 0 fully saturated rings. The summed E-state index contributed by atoms with van der Waals surface area (Å²) in [6.07, 6.45) is 3.54. The van der Waals surface area contributed by atoms with Crippen LogP contribution in [-0.2, 0) is 11.8 Å². The average Bonchev–Trinajstić information content (AvgIpc) is 2.95. The van der Waals surface area contributed by atoms with Crippen molar-refractivity contribution >= 4 is 23.3 Å². The minimum atomic E-state index is -1.14. The van der Waals surface area contributed by atoms with E-state index >= 15 is 0 Å². The van der Waals surface area contributed by atoms with E-state index in [0.29, 0.717) is 5.56 Å². The van der Waals surface area contributed by atoms with Crippen molar-refractivity contribution < 1.29 is 24.6 Å². The number of hydrogen-bond donors (Lipinski definition) is 3. The number of nitrogens with zero attached hydrogens (tertiary/aromatic N) is 2. The molecule has 0 saturated heterocycles. The van der Waals surface area contributed by atoms with Gasteiger partial charge in [0, 0.05) is 25.0 Å². The molecule has 3 N–H and O–H groups in total. The van der Waals surface area contributed by atoms with Crippen molar-refractivity contribution in [3.05, 3.63) is 59.1 Å². The fraction of sp³-hybridized carbons (Fsp3) is 0.125. The predicted molar refractivity (Wildman–Crippen MR) is 85.0 cm³/mol. The van der Waals surface area contributed by atoms with Crippen LogP contribution in [0.25, 0.3) is 0 Å². The van der Waals surface area contributed by atoms with Crippen molar-refractivity contribution in [2.75, 3.05) is 5.32 Å². The van der Waals surface area contributed by atoms with Crippen molar-refractivity contribution in [2.45, 2.75) is 6.92 Å². The van der Waals surface area contributed by atoms with E-state index in [9.17, 15) is 19.5 Å². The second-order valence-electron chi connectivity index (χ2n) is 5.09. The summed E-state index contributed by atoms with van der Waals surface area (Å²) in [5.41, 5.74) is 1.06. The molecule has 1 aromatic heterocycles. The smallest absolute Gasteiger partial charge is 0.335 e. The van der Waals surface area contributed by atoms with Crippen LogP contribution in [0.5, 0.6) is 0 Å². The number of aliphatic hydroxyl groups excluding tert-OH is 1. The monoisotopic (exact) mass is 329 g/mol. The number of aromatic nitrogens is 2. The first-order chi connectivity index (χ1) is 11.3. The van der Waals surface area contributed by atoms with Crippen molar-refractivity contribution in [3.8, 4) is 0 Å². The third kappa shape index (κ3) is 3.86. The highest BCUT2D eigenvalue weighted by molar-refractivity contribution is 6.11. The van der Waals surface area contributed by atoms with E-state index in [0.717, 1.165) is 6.08 Å². The summed E-state index contributed by atoms with van der Waals surface area (Å²) in [6.45, 7) is 1.67. The second kappa shape index (κ2) is 6.78. The number of anilines is 1. The van der Waals surface area contributed by atoms with Gasteiger partial charge in [-0.2, -0.15) is 5.10 Å². The molecule has 0 aliphatic heterocycles. The molecule has 0 aliphatic carbocycles. The maximum Gasteiger partial charge on any atom is 0.335 e. The number of carbonyl (C=O) groups excluding carboxylic acids is 2. The number of carbonyl (C=O) groups is 3. The van der Waals surface area contributed by atoms with Crippen molar-refractivity contribution in [1.82, 2.24) is 9.78 Å². The largest absolute Gasteiger partial charge is 0.503 e. The number of hydrogen-bond acceptors (Lipinski definition) is 5. The molecule has 0 radical (unpaired) electrons. The number of rotatable bonds is 5. The number of aliphatic hydroxyl groups is 1. The fourth-order valence-corrected chi connectivity index (χ4v) is 1.90. The average molecular weight is 329 g/mol. The zero-order valence-electron chi connectivity index (χ0n) is 13.0. The maximum absolute atomic E-state index is 12.0. The lowest BCUT2D eigenvalue weighted by molar-refractivity contribution is -0.115. The first-order valence-electron chi connectivity index (χ1n) is 6.87. The number of allylic oxidation sites excluding steroid dienone is 1. The van der Waals surface area contributed by atoms with Gasteiger partial charge in [0.1, 0.15) is 0 Å². The van der Waals surface area contributed by atoms with Gasteiger partial charge >= 0.3 is 5.97 Å². The molecule has 0 aliphatic rings. The summed E-state index contributed by atoms with van der Waals surface area (Å²) in [5, 5.41) is 24.9. The van der Waals surface area contributed by atoms with Gasteiger partial charge < -0.3 is 15.5 Å². The van der Waals surface area contributed by atoms with Crippen LogP contribution in [0.1, 0.15) is 26.3 Å². The maximum atomic E-state index is 12.0. The molecule has 1 amide bonds. The van der Waals surface area contributed by atoms with Crippen molar-refractivity contribution in [1.29, 1.82) is 0 Å². The van der Waals surface area contributed by atoms with Gasteiger partial charge in [-0.15, -0.1) is 0 Å². The highest BCUT2D eigenvalue weighted by Crippen LogP contribution is 2.17. The SMILES string of the molecule is Cc1ccc(C(=O)O)cc1NC(=O)/C(O)=C/C(=O)c1cnn(C)c1. The molecule has 8 nitrogen and oxygen atoms in total. The minimum absolute atomic E-state index is 0.00851. The number of amides is 1. The van der Waals surface area contributed by atoms with Gasteiger partial charge in [0.2, 0.25) is 0 Å². The quantitative estimate of drug-likeness (QED) is 0.436. The standard InChI is InChI=1S/C16H15N3O5/c1-9-3-4-10(16(23)24)5-12(9)18-15(22)14(21)6-13(20)11-7-17-19(2)8-11/h3-8,21H,1-2H3,(H,18,22)(H,23,24)/b14-6-. The topological polar surface area (TPSA) is 122 Å². The van der Waals surface area contributed by atoms with Crippen LogP contribution in [0.15, 0.2) is 42.4 Å². The molecule has 0 unspecified atom stereocenters. The van der Waals surface area contributed by atoms with Crippen LogP contribution in [-0.4, -0.2) is 37.7 Å². The molecule has 24 heavy (non-hydrogen) atoms. The molecule has 0 bridgehead atoms. The highest BCUT2D eigenvalue weighted by Gasteiger charge is 2.14. The van der Waals surface area contributed by atoms with E-state index < -0.39 is 23.4 Å². The number of aromatic carboxylic acids is 1. The Morgan fingerprint density at radius 1 is 1.21 bits per heavy atom. The minimum Gasteiger partial charge on any atom is -0.503 e. The van der Waals surface area contributed by atoms with Gasteiger partial charge in [0.05, 0.1) is 17.3 Å². The Hall–Kier alpha value is -3.42.